The fourth-order valence-corrected chi connectivity index (χ4v) is 3.42. The molecule has 0 aliphatic carbocycles. The molecule has 1 fully saturated rings. The maximum Gasteiger partial charge on any atom is 0.318 e. The van der Waals surface area contributed by atoms with Crippen molar-refractivity contribution in [2.24, 2.45) is 5.92 Å². The highest BCUT2D eigenvalue weighted by atomic mass is 16.3. The van der Waals surface area contributed by atoms with E-state index >= 15 is 0 Å². The van der Waals surface area contributed by atoms with Crippen molar-refractivity contribution >= 4 is 6.03 Å². The van der Waals surface area contributed by atoms with E-state index in [0.29, 0.717) is 19.0 Å². The highest BCUT2D eigenvalue weighted by Crippen LogP contribution is 2.16. The topological polar surface area (TPSA) is 61.6 Å². The van der Waals surface area contributed by atoms with Crippen LogP contribution in [0.5, 0.6) is 0 Å². The maximum atomic E-state index is 12.8. The van der Waals surface area contributed by atoms with Crippen LogP contribution in [0.25, 0.3) is 0 Å². The Morgan fingerprint density at radius 2 is 2.27 bits per heavy atom. The van der Waals surface area contributed by atoms with Crippen molar-refractivity contribution in [3.05, 3.63) is 54.2 Å². The molecule has 3 heterocycles. The van der Waals surface area contributed by atoms with Crippen LogP contribution in [-0.4, -0.2) is 47.0 Å². The summed E-state index contributed by atoms with van der Waals surface area (Å²) in [6.07, 6.45) is 5.71. The molecule has 1 atom stereocenters. The van der Waals surface area contributed by atoms with Gasteiger partial charge >= 0.3 is 6.03 Å². The average Bonchev–Trinajstić information content (AvgIpc) is 3.32. The lowest BCUT2D eigenvalue weighted by molar-refractivity contribution is 0.184. The molecule has 26 heavy (non-hydrogen) atoms. The van der Waals surface area contributed by atoms with Gasteiger partial charge in [-0.3, -0.25) is 4.98 Å². The molecular weight excluding hydrogens is 328 g/mol. The molecular formula is C20H28N4O2. The van der Waals surface area contributed by atoms with Gasteiger partial charge in [-0.05, 0) is 56.1 Å². The van der Waals surface area contributed by atoms with Gasteiger partial charge < -0.3 is 19.5 Å². The molecule has 1 saturated heterocycles. The molecule has 0 saturated carbocycles. The summed E-state index contributed by atoms with van der Waals surface area (Å²) < 4.78 is 5.42. The van der Waals surface area contributed by atoms with Gasteiger partial charge in [0.05, 0.1) is 25.0 Å². The Labute approximate surface area is 155 Å². The van der Waals surface area contributed by atoms with Crippen LogP contribution in [0.1, 0.15) is 31.2 Å². The van der Waals surface area contributed by atoms with E-state index in [4.69, 9.17) is 4.42 Å². The first-order valence-corrected chi connectivity index (χ1v) is 9.42. The van der Waals surface area contributed by atoms with Crippen LogP contribution in [0.4, 0.5) is 4.79 Å². The SMILES string of the molecule is CCCN1CC[C@@H](CNC(=O)N(Cc2ccccn2)Cc2ccco2)C1. The number of nitrogens with zero attached hydrogens (tertiary/aromatic N) is 3. The fourth-order valence-electron chi connectivity index (χ4n) is 3.42. The fraction of sp³-hybridized carbons (Fsp3) is 0.500. The Kier molecular flexibility index (Phi) is 6.66. The van der Waals surface area contributed by atoms with E-state index in [1.165, 1.54) is 6.42 Å². The number of carbonyl (C=O) groups is 1. The second-order valence-corrected chi connectivity index (χ2v) is 6.90. The van der Waals surface area contributed by atoms with E-state index < -0.39 is 0 Å². The zero-order valence-electron chi connectivity index (χ0n) is 15.4. The van der Waals surface area contributed by atoms with E-state index in [9.17, 15) is 4.79 Å². The van der Waals surface area contributed by atoms with Crippen LogP contribution in [0.2, 0.25) is 0 Å². The van der Waals surface area contributed by atoms with Crippen molar-refractivity contribution < 1.29 is 9.21 Å². The number of furan rings is 1. The number of carbonyl (C=O) groups excluding carboxylic acids is 1. The Morgan fingerprint density at radius 3 is 3.00 bits per heavy atom. The van der Waals surface area contributed by atoms with Crippen LogP contribution in [0.3, 0.4) is 0 Å². The highest BCUT2D eigenvalue weighted by molar-refractivity contribution is 5.74. The standard InChI is InChI=1S/C20H28N4O2/c1-2-10-23-11-8-17(14-23)13-22-20(25)24(16-19-7-5-12-26-19)15-18-6-3-4-9-21-18/h3-7,9,12,17H,2,8,10-11,13-16H2,1H3,(H,22,25)/t17-/m0/s1. The average molecular weight is 356 g/mol. The largest absolute Gasteiger partial charge is 0.467 e. The van der Waals surface area contributed by atoms with Crippen molar-refractivity contribution in [3.63, 3.8) is 0 Å². The van der Waals surface area contributed by atoms with Crippen molar-refractivity contribution in [3.8, 4) is 0 Å². The number of rotatable bonds is 8. The molecule has 6 nitrogen and oxygen atoms in total. The molecule has 0 spiro atoms. The van der Waals surface area contributed by atoms with Gasteiger partial charge in [0.25, 0.3) is 0 Å². The van der Waals surface area contributed by atoms with Crippen LogP contribution in [0, 0.1) is 5.92 Å². The minimum atomic E-state index is -0.0685. The summed E-state index contributed by atoms with van der Waals surface area (Å²) >= 11 is 0. The monoisotopic (exact) mass is 356 g/mol. The zero-order valence-corrected chi connectivity index (χ0v) is 15.4. The van der Waals surface area contributed by atoms with Gasteiger partial charge in [-0.1, -0.05) is 13.0 Å². The minimum Gasteiger partial charge on any atom is -0.467 e. The normalized spacial score (nSPS) is 17.3. The van der Waals surface area contributed by atoms with Crippen LogP contribution < -0.4 is 5.32 Å². The van der Waals surface area contributed by atoms with E-state index in [0.717, 1.165) is 44.1 Å². The van der Waals surface area contributed by atoms with Crippen molar-refractivity contribution in [2.45, 2.75) is 32.9 Å². The lowest BCUT2D eigenvalue weighted by Crippen LogP contribution is -2.41. The molecule has 1 aliphatic rings. The van der Waals surface area contributed by atoms with Crippen LogP contribution in [-0.2, 0) is 13.1 Å². The summed E-state index contributed by atoms with van der Waals surface area (Å²) in [4.78, 5) is 21.3. The molecule has 2 aromatic rings. The van der Waals surface area contributed by atoms with Gasteiger partial charge in [-0.2, -0.15) is 0 Å². The summed E-state index contributed by atoms with van der Waals surface area (Å²) in [5.41, 5.74) is 0.865. The van der Waals surface area contributed by atoms with Gasteiger partial charge in [0.15, 0.2) is 0 Å². The van der Waals surface area contributed by atoms with Gasteiger partial charge in [-0.15, -0.1) is 0 Å². The number of amides is 2. The second-order valence-electron chi connectivity index (χ2n) is 6.90. The van der Waals surface area contributed by atoms with Crippen molar-refractivity contribution in [1.82, 2.24) is 20.1 Å². The van der Waals surface area contributed by atoms with E-state index in [1.807, 2.05) is 30.3 Å². The molecule has 140 valence electrons. The third-order valence-corrected chi connectivity index (χ3v) is 4.74. The highest BCUT2D eigenvalue weighted by Gasteiger charge is 2.23. The van der Waals surface area contributed by atoms with Crippen molar-refractivity contribution in [2.75, 3.05) is 26.2 Å². The predicted molar refractivity (Wildman–Crippen MR) is 100 cm³/mol. The minimum absolute atomic E-state index is 0.0685. The summed E-state index contributed by atoms with van der Waals surface area (Å²) in [6, 6.07) is 9.41. The molecule has 0 aromatic carbocycles. The summed E-state index contributed by atoms with van der Waals surface area (Å²) in [6.45, 7) is 7.18. The molecule has 1 aliphatic heterocycles. The predicted octanol–water partition coefficient (Wildman–Crippen LogP) is 3.12. The number of aromatic nitrogens is 1. The van der Waals surface area contributed by atoms with E-state index in [2.05, 4.69) is 22.1 Å². The number of hydrogen-bond donors (Lipinski definition) is 1. The second kappa shape index (κ2) is 9.38. The summed E-state index contributed by atoms with van der Waals surface area (Å²) in [5.74, 6) is 1.30. The molecule has 6 heteroatoms. The molecule has 2 aromatic heterocycles. The summed E-state index contributed by atoms with van der Waals surface area (Å²) in [7, 11) is 0. The lowest BCUT2D eigenvalue weighted by Gasteiger charge is -2.23. The molecule has 2 amide bonds. The summed E-state index contributed by atoms with van der Waals surface area (Å²) in [5, 5.41) is 3.11. The quantitative estimate of drug-likeness (QED) is 0.789. The zero-order chi connectivity index (χ0) is 18.2. The molecule has 0 unspecified atom stereocenters. The van der Waals surface area contributed by atoms with E-state index in [1.54, 1.807) is 17.4 Å². The number of pyridine rings is 1. The molecule has 0 bridgehead atoms. The smallest absolute Gasteiger partial charge is 0.318 e. The Morgan fingerprint density at radius 1 is 1.35 bits per heavy atom. The molecule has 1 N–H and O–H groups in total. The third kappa shape index (κ3) is 5.33. The van der Waals surface area contributed by atoms with Gasteiger partial charge in [0, 0.05) is 19.3 Å². The Hall–Kier alpha value is -2.34. The number of likely N-dealkylation sites (tertiary alicyclic amines) is 1. The van der Waals surface area contributed by atoms with Gasteiger partial charge in [0.2, 0.25) is 0 Å². The Bertz CT molecular complexity index is 660. The number of urea groups is 1. The first kappa shape index (κ1) is 18.5. The first-order chi connectivity index (χ1) is 12.7. The van der Waals surface area contributed by atoms with Gasteiger partial charge in [-0.25, -0.2) is 4.79 Å². The van der Waals surface area contributed by atoms with Gasteiger partial charge in [0.1, 0.15) is 5.76 Å². The molecule has 3 rings (SSSR count). The lowest BCUT2D eigenvalue weighted by atomic mass is 10.1. The Balaban J connectivity index is 1.56. The maximum absolute atomic E-state index is 12.8. The number of nitrogens with one attached hydrogen (secondary N) is 1. The third-order valence-electron chi connectivity index (χ3n) is 4.74. The van der Waals surface area contributed by atoms with Crippen LogP contribution >= 0.6 is 0 Å². The molecule has 0 radical (unpaired) electrons. The van der Waals surface area contributed by atoms with Crippen LogP contribution in [0.15, 0.2) is 47.2 Å². The van der Waals surface area contributed by atoms with E-state index in [-0.39, 0.29) is 6.03 Å². The number of hydrogen-bond acceptors (Lipinski definition) is 4. The first-order valence-electron chi connectivity index (χ1n) is 9.42. The van der Waals surface area contributed by atoms with Crippen molar-refractivity contribution in [1.29, 1.82) is 0 Å².